The smallest absolute Gasteiger partial charge is 0.349 e. The first-order valence-electron chi connectivity index (χ1n) is 10.5. The molecule has 0 bridgehead atoms. The maximum Gasteiger partial charge on any atom is 0.349 e. The van der Waals surface area contributed by atoms with Gasteiger partial charge in [0.15, 0.2) is 0 Å². The second kappa shape index (κ2) is 11.4. The lowest BCUT2D eigenvalue weighted by atomic mass is 10.1. The number of aliphatic carboxylic acids is 1. The molecule has 0 fully saturated rings. The number of carbonyl (C=O) groups is 4. The van der Waals surface area contributed by atoms with Gasteiger partial charge in [0.25, 0.3) is 11.6 Å². The molecule has 2 N–H and O–H groups in total. The van der Waals surface area contributed by atoms with Gasteiger partial charge in [0, 0.05) is 12.1 Å². The van der Waals surface area contributed by atoms with Gasteiger partial charge in [0.2, 0.25) is 12.2 Å². The molecule has 36 heavy (non-hydrogen) atoms. The zero-order valence-corrected chi connectivity index (χ0v) is 18.8. The van der Waals surface area contributed by atoms with Crippen molar-refractivity contribution in [3.63, 3.8) is 0 Å². The van der Waals surface area contributed by atoms with Crippen molar-refractivity contribution < 1.29 is 38.7 Å². The third-order valence-corrected chi connectivity index (χ3v) is 4.95. The highest BCUT2D eigenvalue weighted by Crippen LogP contribution is 2.23. The monoisotopic (exact) mass is 492 g/mol. The van der Waals surface area contributed by atoms with Gasteiger partial charge in [-0.15, -0.1) is 0 Å². The van der Waals surface area contributed by atoms with Crippen LogP contribution in [0, 0.1) is 17.0 Å². The van der Waals surface area contributed by atoms with E-state index in [-0.39, 0.29) is 22.5 Å². The van der Waals surface area contributed by atoms with Crippen LogP contribution in [0.3, 0.4) is 0 Å². The quantitative estimate of drug-likeness (QED) is 0.259. The fourth-order valence-electron chi connectivity index (χ4n) is 3.07. The minimum Gasteiger partial charge on any atom is -0.478 e. The lowest BCUT2D eigenvalue weighted by Gasteiger charge is -2.24. The van der Waals surface area contributed by atoms with Crippen molar-refractivity contribution >= 4 is 35.2 Å². The molecular weight excluding hydrogens is 472 g/mol. The number of amides is 1. The molecule has 0 saturated heterocycles. The van der Waals surface area contributed by atoms with Gasteiger partial charge in [-0.25, -0.2) is 14.4 Å². The Morgan fingerprint density at radius 2 is 1.33 bits per heavy atom. The zero-order chi connectivity index (χ0) is 26.2. The van der Waals surface area contributed by atoms with Gasteiger partial charge in [0.05, 0.1) is 21.7 Å². The molecule has 0 spiro atoms. The predicted octanol–water partition coefficient (Wildman–Crippen LogP) is 3.38. The molecule has 3 aromatic rings. The summed E-state index contributed by atoms with van der Waals surface area (Å²) in [6.45, 7) is 1.55. The van der Waals surface area contributed by atoms with E-state index >= 15 is 0 Å². The molecule has 0 heterocycles. The molecule has 0 unspecified atom stereocenters. The van der Waals surface area contributed by atoms with Gasteiger partial charge in [-0.3, -0.25) is 14.9 Å². The van der Waals surface area contributed by atoms with Gasteiger partial charge >= 0.3 is 17.9 Å². The zero-order valence-electron chi connectivity index (χ0n) is 18.8. The van der Waals surface area contributed by atoms with Crippen molar-refractivity contribution in [2.75, 3.05) is 5.32 Å². The summed E-state index contributed by atoms with van der Waals surface area (Å²) in [6, 6.07) is 18.5. The Kier molecular flexibility index (Phi) is 8.08. The van der Waals surface area contributed by atoms with Crippen molar-refractivity contribution in [2.24, 2.45) is 0 Å². The number of aryl methyl sites for hydroxylation is 1. The summed E-state index contributed by atoms with van der Waals surface area (Å²) in [7, 11) is 0. The van der Waals surface area contributed by atoms with Crippen LogP contribution in [0.15, 0.2) is 78.9 Å². The maximum absolute atomic E-state index is 13.2. The minimum absolute atomic E-state index is 0.00632. The van der Waals surface area contributed by atoms with Gasteiger partial charge < -0.3 is 19.9 Å². The van der Waals surface area contributed by atoms with Crippen molar-refractivity contribution in [2.45, 2.75) is 19.1 Å². The maximum atomic E-state index is 13.2. The number of carboxylic acids is 1. The van der Waals surface area contributed by atoms with E-state index in [2.05, 4.69) is 5.32 Å². The van der Waals surface area contributed by atoms with E-state index in [1.54, 1.807) is 19.1 Å². The minimum atomic E-state index is -2.23. The van der Waals surface area contributed by atoms with E-state index in [1.165, 1.54) is 60.7 Å². The summed E-state index contributed by atoms with van der Waals surface area (Å²) in [5.41, 5.74) is 0.0786. The molecule has 11 heteroatoms. The average Bonchev–Trinajstić information content (AvgIpc) is 2.87. The van der Waals surface area contributed by atoms with Crippen LogP contribution in [0.25, 0.3) is 0 Å². The summed E-state index contributed by atoms with van der Waals surface area (Å²) >= 11 is 0. The number of carbonyl (C=O) groups excluding carboxylic acids is 3. The number of benzene rings is 3. The Hall–Kier alpha value is -5.06. The molecule has 3 rings (SSSR count). The van der Waals surface area contributed by atoms with Crippen LogP contribution in [0.2, 0.25) is 0 Å². The Balaban J connectivity index is 1.95. The highest BCUT2D eigenvalue weighted by molar-refractivity contribution is 6.02. The van der Waals surface area contributed by atoms with Crippen LogP contribution in [-0.4, -0.2) is 46.1 Å². The van der Waals surface area contributed by atoms with E-state index < -0.39 is 40.9 Å². The number of nitrogens with one attached hydrogen (secondary N) is 1. The summed E-state index contributed by atoms with van der Waals surface area (Å²) in [6.07, 6.45) is -4.37. The molecule has 2 atom stereocenters. The molecule has 3 aromatic carbocycles. The van der Waals surface area contributed by atoms with E-state index in [1.807, 2.05) is 0 Å². The summed E-state index contributed by atoms with van der Waals surface area (Å²) in [5, 5.41) is 23.2. The van der Waals surface area contributed by atoms with Crippen LogP contribution in [0.1, 0.15) is 26.3 Å². The number of hydrogen-bond acceptors (Lipinski definition) is 8. The first-order chi connectivity index (χ1) is 17.2. The van der Waals surface area contributed by atoms with Crippen LogP contribution in [0.5, 0.6) is 0 Å². The number of nitrogens with zero attached hydrogens (tertiary/aromatic N) is 1. The molecule has 0 aliphatic heterocycles. The summed E-state index contributed by atoms with van der Waals surface area (Å²) in [4.78, 5) is 60.9. The molecular formula is C25H20N2O9. The SMILES string of the molecule is Cc1ccc([N+](=O)[O-])cc1NC(=O)[C@H](OC(=O)c1ccccc1)[C@H](OC(=O)c1ccccc1)C(=O)O. The highest BCUT2D eigenvalue weighted by atomic mass is 16.6. The van der Waals surface area contributed by atoms with Crippen LogP contribution in [0.4, 0.5) is 11.4 Å². The normalized spacial score (nSPS) is 12.0. The Morgan fingerprint density at radius 3 is 1.81 bits per heavy atom. The number of non-ortho nitro benzene ring substituents is 1. The van der Waals surface area contributed by atoms with E-state index in [9.17, 15) is 34.4 Å². The summed E-state index contributed by atoms with van der Waals surface area (Å²) < 4.78 is 10.3. The highest BCUT2D eigenvalue weighted by Gasteiger charge is 2.41. The molecule has 0 radical (unpaired) electrons. The van der Waals surface area contributed by atoms with Crippen molar-refractivity contribution in [1.82, 2.24) is 0 Å². The number of hydrogen-bond donors (Lipinski definition) is 2. The van der Waals surface area contributed by atoms with Crippen LogP contribution in [-0.2, 0) is 19.1 Å². The Bertz CT molecular complexity index is 1290. The fraction of sp³-hybridized carbons (Fsp3) is 0.120. The molecule has 0 aliphatic carbocycles. The lowest BCUT2D eigenvalue weighted by molar-refractivity contribution is -0.384. The Morgan fingerprint density at radius 1 is 0.833 bits per heavy atom. The first kappa shape index (κ1) is 25.6. The van der Waals surface area contributed by atoms with E-state index in [0.717, 1.165) is 6.07 Å². The van der Waals surface area contributed by atoms with E-state index in [0.29, 0.717) is 5.56 Å². The molecule has 184 valence electrons. The standard InChI is InChI=1S/C25H20N2O9/c1-15-12-13-18(27(33)34)14-19(15)26-22(28)20(35-24(31)16-8-4-2-5-9-16)21(23(29)30)36-25(32)17-10-6-3-7-11-17/h2-14,20-21H,1H3,(H,26,28)(H,29,30)/t20-,21+/m1/s1. The first-order valence-corrected chi connectivity index (χ1v) is 10.5. The van der Waals surface area contributed by atoms with Crippen LogP contribution < -0.4 is 5.32 Å². The lowest BCUT2D eigenvalue weighted by Crippen LogP contribution is -2.48. The largest absolute Gasteiger partial charge is 0.478 e. The van der Waals surface area contributed by atoms with Gasteiger partial charge in [0.1, 0.15) is 0 Å². The number of rotatable bonds is 9. The number of anilines is 1. The van der Waals surface area contributed by atoms with Gasteiger partial charge in [-0.05, 0) is 36.8 Å². The Labute approximate surface area is 204 Å². The summed E-state index contributed by atoms with van der Waals surface area (Å²) in [5.74, 6) is -5.04. The number of nitro groups is 1. The van der Waals surface area contributed by atoms with Gasteiger partial charge in [-0.1, -0.05) is 42.5 Å². The number of nitro benzene ring substituents is 1. The average molecular weight is 492 g/mol. The van der Waals surface area contributed by atoms with E-state index in [4.69, 9.17) is 9.47 Å². The van der Waals surface area contributed by atoms with Gasteiger partial charge in [-0.2, -0.15) is 0 Å². The predicted molar refractivity (Wildman–Crippen MR) is 125 cm³/mol. The van der Waals surface area contributed by atoms with Crippen LogP contribution >= 0.6 is 0 Å². The number of ether oxygens (including phenoxy) is 2. The second-order valence-electron chi connectivity index (χ2n) is 7.47. The topological polar surface area (TPSA) is 162 Å². The van der Waals surface area contributed by atoms with Crippen molar-refractivity contribution in [3.05, 3.63) is 106 Å². The molecule has 1 amide bonds. The number of esters is 2. The van der Waals surface area contributed by atoms with Crippen molar-refractivity contribution in [3.8, 4) is 0 Å². The third-order valence-electron chi connectivity index (χ3n) is 4.95. The molecule has 0 aliphatic rings. The fourth-order valence-corrected chi connectivity index (χ4v) is 3.07. The third kappa shape index (κ3) is 6.29. The molecule has 11 nitrogen and oxygen atoms in total. The molecule has 0 saturated carbocycles. The second-order valence-corrected chi connectivity index (χ2v) is 7.47. The number of carboxylic acid groups (broad SMARTS) is 1. The van der Waals surface area contributed by atoms with Crippen molar-refractivity contribution in [1.29, 1.82) is 0 Å². The molecule has 0 aromatic heterocycles.